The molecule has 0 saturated carbocycles. The van der Waals surface area contributed by atoms with E-state index in [1.165, 1.54) is 103 Å². The maximum absolute atomic E-state index is 11.5. The fraction of sp³-hybridized carbons (Fsp3) is 0.913. The van der Waals surface area contributed by atoms with E-state index in [-0.39, 0.29) is 17.7 Å². The van der Waals surface area contributed by atoms with E-state index in [1.54, 1.807) is 0 Å². The lowest BCUT2D eigenvalue weighted by atomic mass is 9.98. The fourth-order valence-electron chi connectivity index (χ4n) is 3.96. The number of carbonyl (C=O) groups is 2. The van der Waals surface area contributed by atoms with Crippen LogP contribution in [0.5, 0.6) is 0 Å². The van der Waals surface area contributed by atoms with E-state index in [0.29, 0.717) is 6.42 Å². The molecule has 0 radical (unpaired) electrons. The predicted molar refractivity (Wildman–Crippen MR) is 110 cm³/mol. The van der Waals surface area contributed by atoms with Gasteiger partial charge in [0.15, 0.2) is 0 Å². The maximum atomic E-state index is 11.5. The molecule has 1 N–H and O–H groups in total. The Morgan fingerprint density at radius 3 is 1.38 bits per heavy atom. The van der Waals surface area contributed by atoms with E-state index >= 15 is 0 Å². The van der Waals surface area contributed by atoms with Crippen LogP contribution in [-0.4, -0.2) is 11.8 Å². The van der Waals surface area contributed by atoms with Crippen LogP contribution in [0.25, 0.3) is 0 Å². The van der Waals surface area contributed by atoms with Gasteiger partial charge >= 0.3 is 0 Å². The molecule has 1 rings (SSSR count). The van der Waals surface area contributed by atoms with Gasteiger partial charge in [0.25, 0.3) is 0 Å². The predicted octanol–water partition coefficient (Wildman–Crippen LogP) is 6.69. The van der Waals surface area contributed by atoms with Crippen LogP contribution >= 0.6 is 0 Å². The highest BCUT2D eigenvalue weighted by molar-refractivity contribution is 6.03. The molecule has 1 atom stereocenters. The third-order valence-electron chi connectivity index (χ3n) is 5.72. The molecule has 1 unspecified atom stereocenters. The second-order valence-electron chi connectivity index (χ2n) is 8.26. The van der Waals surface area contributed by atoms with Gasteiger partial charge in [-0.25, -0.2) is 0 Å². The number of nitrogens with one attached hydrogen (secondary N) is 1. The Balaban J connectivity index is 1.71. The molecule has 0 bridgehead atoms. The fourth-order valence-corrected chi connectivity index (χ4v) is 3.96. The molecule has 26 heavy (non-hydrogen) atoms. The maximum Gasteiger partial charge on any atom is 0.230 e. The van der Waals surface area contributed by atoms with Gasteiger partial charge in [0, 0.05) is 12.3 Å². The van der Waals surface area contributed by atoms with Gasteiger partial charge in [-0.15, -0.1) is 0 Å². The molecule has 2 amide bonds. The second-order valence-corrected chi connectivity index (χ2v) is 8.26. The summed E-state index contributed by atoms with van der Waals surface area (Å²) in [5.41, 5.74) is 0. The lowest BCUT2D eigenvalue weighted by Crippen LogP contribution is -2.21. The zero-order valence-corrected chi connectivity index (χ0v) is 17.3. The van der Waals surface area contributed by atoms with E-state index in [2.05, 4.69) is 12.2 Å². The summed E-state index contributed by atoms with van der Waals surface area (Å²) in [5, 5.41) is 2.40. The number of hydrogen-bond donors (Lipinski definition) is 1. The van der Waals surface area contributed by atoms with Crippen molar-refractivity contribution < 1.29 is 9.59 Å². The van der Waals surface area contributed by atoms with Gasteiger partial charge in [0.2, 0.25) is 11.8 Å². The Bertz CT molecular complexity index is 367. The van der Waals surface area contributed by atoms with Crippen LogP contribution in [0.3, 0.4) is 0 Å². The van der Waals surface area contributed by atoms with Crippen molar-refractivity contribution in [2.24, 2.45) is 5.92 Å². The number of hydrogen-bond acceptors (Lipinski definition) is 2. The van der Waals surface area contributed by atoms with E-state index in [9.17, 15) is 9.59 Å². The highest BCUT2D eigenvalue weighted by Crippen LogP contribution is 2.19. The molecular formula is C23H43NO2. The third-order valence-corrected chi connectivity index (χ3v) is 5.72. The molecule has 1 aliphatic heterocycles. The monoisotopic (exact) mass is 365 g/mol. The van der Waals surface area contributed by atoms with Crippen LogP contribution in [0.15, 0.2) is 0 Å². The third kappa shape index (κ3) is 12.5. The molecule has 3 heteroatoms. The molecule has 1 fully saturated rings. The average Bonchev–Trinajstić information content (AvgIpc) is 2.95. The topological polar surface area (TPSA) is 46.2 Å². The first-order chi connectivity index (χ1) is 12.7. The summed E-state index contributed by atoms with van der Waals surface area (Å²) in [6, 6.07) is 0. The Morgan fingerprint density at radius 2 is 1.04 bits per heavy atom. The van der Waals surface area contributed by atoms with Gasteiger partial charge in [-0.3, -0.25) is 14.9 Å². The highest BCUT2D eigenvalue weighted by atomic mass is 16.2. The van der Waals surface area contributed by atoms with Gasteiger partial charge in [0.1, 0.15) is 0 Å². The normalized spacial score (nSPS) is 17.0. The summed E-state index contributed by atoms with van der Waals surface area (Å²) >= 11 is 0. The van der Waals surface area contributed by atoms with Gasteiger partial charge in [0.05, 0.1) is 0 Å². The first-order valence-corrected chi connectivity index (χ1v) is 11.6. The van der Waals surface area contributed by atoms with E-state index < -0.39 is 0 Å². The Kier molecular flexibility index (Phi) is 14.6. The smallest absolute Gasteiger partial charge is 0.230 e. The van der Waals surface area contributed by atoms with Gasteiger partial charge in [-0.2, -0.15) is 0 Å². The molecular weight excluding hydrogens is 322 g/mol. The molecule has 1 heterocycles. The van der Waals surface area contributed by atoms with Crippen LogP contribution in [0.4, 0.5) is 0 Å². The minimum Gasteiger partial charge on any atom is -0.296 e. The number of unbranched alkanes of at least 4 members (excludes halogenated alkanes) is 16. The quantitative estimate of drug-likeness (QED) is 0.217. The van der Waals surface area contributed by atoms with Crippen molar-refractivity contribution in [2.75, 3.05) is 0 Å². The van der Waals surface area contributed by atoms with Gasteiger partial charge in [-0.05, 0) is 6.42 Å². The van der Waals surface area contributed by atoms with E-state index in [0.717, 1.165) is 12.8 Å². The van der Waals surface area contributed by atoms with Crippen molar-refractivity contribution in [1.82, 2.24) is 5.32 Å². The highest BCUT2D eigenvalue weighted by Gasteiger charge is 2.29. The Labute approximate surface area is 162 Å². The second kappa shape index (κ2) is 16.3. The van der Waals surface area contributed by atoms with Crippen molar-refractivity contribution in [1.29, 1.82) is 0 Å². The number of carbonyl (C=O) groups excluding carboxylic acids is 2. The summed E-state index contributed by atoms with van der Waals surface area (Å²) in [7, 11) is 0. The van der Waals surface area contributed by atoms with Crippen molar-refractivity contribution in [3.8, 4) is 0 Å². The number of rotatable bonds is 18. The lowest BCUT2D eigenvalue weighted by Gasteiger charge is -2.06. The Hall–Kier alpha value is -0.860. The summed E-state index contributed by atoms with van der Waals surface area (Å²) in [4.78, 5) is 22.6. The van der Waals surface area contributed by atoms with Gasteiger partial charge in [-0.1, -0.05) is 116 Å². The molecule has 152 valence electrons. The molecule has 1 saturated heterocycles. The molecule has 1 aliphatic rings. The summed E-state index contributed by atoms with van der Waals surface area (Å²) in [5.74, 6) is -0.183. The van der Waals surface area contributed by atoms with E-state index in [1.807, 2.05) is 0 Å². The summed E-state index contributed by atoms with van der Waals surface area (Å²) in [6.07, 6.45) is 24.6. The minimum atomic E-state index is -0.0908. The van der Waals surface area contributed by atoms with Gasteiger partial charge < -0.3 is 0 Å². The molecule has 3 nitrogen and oxygen atoms in total. The standard InChI is InChI=1S/C23H43NO2/c1-2-3-4-5-6-7-8-9-10-11-12-13-14-15-16-17-18-19-21-20-22(25)24-23(21)26/h21H,2-20H2,1H3,(H,24,25,26). The van der Waals surface area contributed by atoms with E-state index in [4.69, 9.17) is 0 Å². The van der Waals surface area contributed by atoms with Crippen LogP contribution < -0.4 is 5.32 Å². The zero-order valence-electron chi connectivity index (χ0n) is 17.3. The first-order valence-electron chi connectivity index (χ1n) is 11.6. The largest absolute Gasteiger partial charge is 0.296 e. The minimum absolute atomic E-state index is 0.0427. The average molecular weight is 366 g/mol. The molecule has 0 aliphatic carbocycles. The first kappa shape index (κ1) is 23.2. The molecule has 0 aromatic rings. The number of amides is 2. The van der Waals surface area contributed by atoms with Crippen molar-refractivity contribution in [2.45, 2.75) is 129 Å². The van der Waals surface area contributed by atoms with Crippen molar-refractivity contribution in [3.05, 3.63) is 0 Å². The number of imide groups is 1. The van der Waals surface area contributed by atoms with Crippen molar-refractivity contribution in [3.63, 3.8) is 0 Å². The van der Waals surface area contributed by atoms with Crippen molar-refractivity contribution >= 4 is 11.8 Å². The summed E-state index contributed by atoms with van der Waals surface area (Å²) in [6.45, 7) is 2.28. The molecule has 0 aromatic carbocycles. The lowest BCUT2D eigenvalue weighted by molar-refractivity contribution is -0.125. The van der Waals surface area contributed by atoms with Crippen LogP contribution in [0.2, 0.25) is 0 Å². The van der Waals surface area contributed by atoms with Crippen LogP contribution in [0, 0.1) is 5.92 Å². The molecule has 0 aromatic heterocycles. The zero-order chi connectivity index (χ0) is 18.9. The van der Waals surface area contributed by atoms with Crippen LogP contribution in [-0.2, 0) is 9.59 Å². The van der Waals surface area contributed by atoms with Crippen LogP contribution in [0.1, 0.15) is 129 Å². The Morgan fingerprint density at radius 1 is 0.654 bits per heavy atom. The summed E-state index contributed by atoms with van der Waals surface area (Å²) < 4.78 is 0. The molecule has 0 spiro atoms. The SMILES string of the molecule is CCCCCCCCCCCCCCCCCCCC1CC(=O)NC1=O.